The van der Waals surface area contributed by atoms with E-state index in [9.17, 15) is 10.1 Å². The number of hydrogen-bond donors (Lipinski definition) is 1. The highest BCUT2D eigenvalue weighted by Gasteiger charge is 2.19. The normalized spacial score (nSPS) is 11.9. The smallest absolute Gasteiger partial charge is 0.271 e. The number of benzene rings is 1. The molecule has 0 saturated carbocycles. The maximum Gasteiger partial charge on any atom is 0.271 e. The van der Waals surface area contributed by atoms with Gasteiger partial charge in [-0.25, -0.2) is 0 Å². The summed E-state index contributed by atoms with van der Waals surface area (Å²) in [5, 5.41) is 11.7. The molecule has 4 heteroatoms. The highest BCUT2D eigenvalue weighted by Crippen LogP contribution is 2.31. The largest absolute Gasteiger partial charge is 0.361 e. The van der Waals surface area contributed by atoms with Gasteiger partial charge in [0.2, 0.25) is 0 Å². The SMILES string of the molecule is CC(C)(C)c1c[nH]c2cc([N+](=O)[O-])ccc12. The van der Waals surface area contributed by atoms with E-state index in [2.05, 4.69) is 25.8 Å². The van der Waals surface area contributed by atoms with Crippen molar-refractivity contribution in [2.45, 2.75) is 26.2 Å². The van der Waals surface area contributed by atoms with Gasteiger partial charge in [0.05, 0.1) is 10.4 Å². The third-order valence-electron chi connectivity index (χ3n) is 2.68. The number of nitrogens with one attached hydrogen (secondary N) is 1. The Kier molecular flexibility index (Phi) is 2.22. The van der Waals surface area contributed by atoms with Crippen LogP contribution in [0.4, 0.5) is 5.69 Å². The molecule has 0 unspecified atom stereocenters. The van der Waals surface area contributed by atoms with E-state index >= 15 is 0 Å². The van der Waals surface area contributed by atoms with Gasteiger partial charge in [0, 0.05) is 23.7 Å². The molecule has 4 nitrogen and oxygen atoms in total. The fourth-order valence-electron chi connectivity index (χ4n) is 1.85. The molecule has 0 atom stereocenters. The minimum absolute atomic E-state index is 0.0361. The van der Waals surface area contributed by atoms with Crippen LogP contribution in [-0.2, 0) is 5.41 Å². The number of H-pyrrole nitrogens is 1. The molecule has 1 N–H and O–H groups in total. The number of hydrogen-bond acceptors (Lipinski definition) is 2. The van der Waals surface area contributed by atoms with E-state index in [-0.39, 0.29) is 16.0 Å². The van der Waals surface area contributed by atoms with Crippen molar-refractivity contribution in [3.63, 3.8) is 0 Å². The van der Waals surface area contributed by atoms with E-state index in [4.69, 9.17) is 0 Å². The van der Waals surface area contributed by atoms with Gasteiger partial charge >= 0.3 is 0 Å². The van der Waals surface area contributed by atoms with Crippen LogP contribution in [0.15, 0.2) is 24.4 Å². The Labute approximate surface area is 93.4 Å². The van der Waals surface area contributed by atoms with Crippen molar-refractivity contribution in [1.29, 1.82) is 0 Å². The molecule has 16 heavy (non-hydrogen) atoms. The summed E-state index contributed by atoms with van der Waals surface area (Å²) in [5.41, 5.74) is 2.15. The van der Waals surface area contributed by atoms with Gasteiger partial charge in [-0.05, 0) is 17.0 Å². The zero-order valence-corrected chi connectivity index (χ0v) is 9.57. The molecule has 0 radical (unpaired) electrons. The highest BCUT2D eigenvalue weighted by atomic mass is 16.6. The van der Waals surface area contributed by atoms with Gasteiger partial charge in [0.15, 0.2) is 0 Å². The Morgan fingerprint density at radius 1 is 1.31 bits per heavy atom. The number of fused-ring (bicyclic) bond motifs is 1. The molecular formula is C12H14N2O2. The molecule has 0 amide bonds. The van der Waals surface area contributed by atoms with E-state index in [1.165, 1.54) is 5.56 Å². The quantitative estimate of drug-likeness (QED) is 0.589. The maximum absolute atomic E-state index is 10.6. The first-order valence-electron chi connectivity index (χ1n) is 5.15. The lowest BCUT2D eigenvalue weighted by molar-refractivity contribution is -0.384. The first-order valence-corrected chi connectivity index (χ1v) is 5.15. The second-order valence-corrected chi connectivity index (χ2v) is 4.94. The Hall–Kier alpha value is -1.84. The van der Waals surface area contributed by atoms with Crippen molar-refractivity contribution < 1.29 is 4.92 Å². The molecule has 1 aromatic heterocycles. The average molecular weight is 218 g/mol. The predicted molar refractivity (Wildman–Crippen MR) is 63.7 cm³/mol. The van der Waals surface area contributed by atoms with Crippen molar-refractivity contribution >= 4 is 16.6 Å². The first-order chi connectivity index (χ1) is 7.39. The van der Waals surface area contributed by atoms with Crippen LogP contribution in [0.3, 0.4) is 0 Å². The highest BCUT2D eigenvalue weighted by molar-refractivity contribution is 5.86. The lowest BCUT2D eigenvalue weighted by Crippen LogP contribution is -2.09. The summed E-state index contributed by atoms with van der Waals surface area (Å²) in [7, 11) is 0. The van der Waals surface area contributed by atoms with E-state index in [0.29, 0.717) is 0 Å². The number of aromatic amines is 1. The van der Waals surface area contributed by atoms with E-state index in [0.717, 1.165) is 10.9 Å². The summed E-state index contributed by atoms with van der Waals surface area (Å²) in [6.45, 7) is 6.37. The standard InChI is InChI=1S/C12H14N2O2/c1-12(2,3)10-7-13-11-6-8(14(15)16)4-5-9(10)11/h4-7,13H,1-3H3. The molecule has 0 aliphatic rings. The van der Waals surface area contributed by atoms with E-state index in [1.54, 1.807) is 12.1 Å². The minimum atomic E-state index is -0.378. The lowest BCUT2D eigenvalue weighted by Gasteiger charge is -2.17. The Morgan fingerprint density at radius 3 is 2.56 bits per heavy atom. The van der Waals surface area contributed by atoms with Crippen molar-refractivity contribution in [2.75, 3.05) is 0 Å². The fourth-order valence-corrected chi connectivity index (χ4v) is 1.85. The van der Waals surface area contributed by atoms with Gasteiger partial charge in [-0.2, -0.15) is 0 Å². The number of aromatic nitrogens is 1. The van der Waals surface area contributed by atoms with Crippen LogP contribution in [-0.4, -0.2) is 9.91 Å². The van der Waals surface area contributed by atoms with Crippen LogP contribution in [0.25, 0.3) is 10.9 Å². The van der Waals surface area contributed by atoms with Crippen molar-refractivity contribution in [1.82, 2.24) is 4.98 Å². The molecule has 0 spiro atoms. The molecule has 1 aromatic carbocycles. The third-order valence-corrected chi connectivity index (χ3v) is 2.68. The zero-order chi connectivity index (χ0) is 11.9. The van der Waals surface area contributed by atoms with Crippen molar-refractivity contribution in [2.24, 2.45) is 0 Å². The summed E-state index contributed by atoms with van der Waals surface area (Å²) in [4.78, 5) is 13.3. The average Bonchev–Trinajstić information content (AvgIpc) is 2.58. The topological polar surface area (TPSA) is 58.9 Å². The zero-order valence-electron chi connectivity index (χ0n) is 9.57. The van der Waals surface area contributed by atoms with Crippen LogP contribution in [0, 0.1) is 10.1 Å². The van der Waals surface area contributed by atoms with Gasteiger partial charge in [-0.15, -0.1) is 0 Å². The number of nitro groups is 1. The number of nitrogens with zero attached hydrogens (tertiary/aromatic N) is 1. The summed E-state index contributed by atoms with van der Waals surface area (Å²) in [6.07, 6.45) is 1.92. The summed E-state index contributed by atoms with van der Waals surface area (Å²) >= 11 is 0. The second-order valence-electron chi connectivity index (χ2n) is 4.94. The predicted octanol–water partition coefficient (Wildman–Crippen LogP) is 3.37. The number of rotatable bonds is 1. The van der Waals surface area contributed by atoms with E-state index in [1.807, 2.05) is 12.3 Å². The molecule has 2 aromatic rings. The molecule has 84 valence electrons. The van der Waals surface area contributed by atoms with Crippen LogP contribution < -0.4 is 0 Å². The van der Waals surface area contributed by atoms with Crippen LogP contribution >= 0.6 is 0 Å². The van der Waals surface area contributed by atoms with Gasteiger partial charge in [0.1, 0.15) is 0 Å². The Bertz CT molecular complexity index is 550. The monoisotopic (exact) mass is 218 g/mol. The molecular weight excluding hydrogens is 204 g/mol. The number of non-ortho nitro benzene ring substituents is 1. The number of nitro benzene ring substituents is 1. The van der Waals surface area contributed by atoms with Crippen LogP contribution in [0.1, 0.15) is 26.3 Å². The maximum atomic E-state index is 10.6. The van der Waals surface area contributed by atoms with Crippen molar-refractivity contribution in [3.8, 4) is 0 Å². The lowest BCUT2D eigenvalue weighted by atomic mass is 9.87. The summed E-state index contributed by atoms with van der Waals surface area (Å²) in [5.74, 6) is 0. The Balaban J connectivity index is 2.64. The van der Waals surface area contributed by atoms with Gasteiger partial charge in [0.25, 0.3) is 5.69 Å². The van der Waals surface area contributed by atoms with Crippen LogP contribution in [0.5, 0.6) is 0 Å². The van der Waals surface area contributed by atoms with Gasteiger partial charge in [-0.1, -0.05) is 20.8 Å². The fraction of sp³-hybridized carbons (Fsp3) is 0.333. The van der Waals surface area contributed by atoms with Crippen molar-refractivity contribution in [3.05, 3.63) is 40.1 Å². The molecule has 1 heterocycles. The van der Waals surface area contributed by atoms with E-state index < -0.39 is 0 Å². The van der Waals surface area contributed by atoms with Gasteiger partial charge < -0.3 is 4.98 Å². The second kappa shape index (κ2) is 3.33. The molecule has 0 aliphatic heterocycles. The molecule has 0 saturated heterocycles. The summed E-state index contributed by atoms with van der Waals surface area (Å²) < 4.78 is 0. The van der Waals surface area contributed by atoms with Gasteiger partial charge in [-0.3, -0.25) is 10.1 Å². The van der Waals surface area contributed by atoms with Crippen LogP contribution in [0.2, 0.25) is 0 Å². The Morgan fingerprint density at radius 2 is 2.00 bits per heavy atom. The minimum Gasteiger partial charge on any atom is -0.361 e. The molecule has 2 rings (SSSR count). The first kappa shape index (κ1) is 10.7. The third kappa shape index (κ3) is 1.66. The molecule has 0 bridgehead atoms. The summed E-state index contributed by atoms with van der Waals surface area (Å²) in [6, 6.07) is 4.93. The molecule has 0 aliphatic carbocycles. The molecule has 0 fully saturated rings.